The Hall–Kier alpha value is -1.71. The third kappa shape index (κ3) is 1.42. The van der Waals surface area contributed by atoms with Crippen LogP contribution in [-0.2, 0) is 4.79 Å². The number of carbonyl (C=O) groups is 1. The zero-order valence-corrected chi connectivity index (χ0v) is 6.99. The van der Waals surface area contributed by atoms with Crippen LogP contribution in [0.25, 0.3) is 0 Å². The molecule has 0 radical (unpaired) electrons. The summed E-state index contributed by atoms with van der Waals surface area (Å²) in [5, 5.41) is 3.00. The first kappa shape index (κ1) is 7.91. The van der Waals surface area contributed by atoms with Crippen LogP contribution in [0.3, 0.4) is 0 Å². The first-order chi connectivity index (χ1) is 6.27. The second-order valence-electron chi connectivity index (χ2n) is 2.91. The number of nitrogens with one attached hydrogen (secondary N) is 1. The molecule has 1 atom stereocenters. The first-order valence-electron chi connectivity index (χ1n) is 4.05. The zero-order valence-electron chi connectivity index (χ0n) is 6.99. The van der Waals surface area contributed by atoms with Crippen molar-refractivity contribution in [3.63, 3.8) is 0 Å². The Morgan fingerprint density at radius 3 is 3.08 bits per heavy atom. The number of amides is 1. The summed E-state index contributed by atoms with van der Waals surface area (Å²) in [4.78, 5) is 10.8. The van der Waals surface area contributed by atoms with Crippen LogP contribution in [0.1, 0.15) is 0 Å². The van der Waals surface area contributed by atoms with Crippen molar-refractivity contribution in [2.75, 3.05) is 11.9 Å². The Kier molecular flexibility index (Phi) is 1.81. The number of benzene rings is 1. The largest absolute Gasteiger partial charge is 0.489 e. The van der Waals surface area contributed by atoms with Crippen molar-refractivity contribution >= 4 is 11.6 Å². The van der Waals surface area contributed by atoms with Crippen LogP contribution < -0.4 is 15.8 Å². The van der Waals surface area contributed by atoms with Gasteiger partial charge in [-0.2, -0.15) is 0 Å². The Balaban J connectivity index is 2.24. The highest BCUT2D eigenvalue weighted by atomic mass is 16.5. The SMILES string of the molecule is NC(=O)[C@H]1COc2ccccc2N1. The van der Waals surface area contributed by atoms with Gasteiger partial charge in [-0.1, -0.05) is 12.1 Å². The molecule has 1 aromatic rings. The van der Waals surface area contributed by atoms with Gasteiger partial charge in [0.05, 0.1) is 5.69 Å². The Morgan fingerprint density at radius 1 is 1.54 bits per heavy atom. The average Bonchev–Trinajstić information content (AvgIpc) is 2.17. The summed E-state index contributed by atoms with van der Waals surface area (Å²) >= 11 is 0. The molecular formula is C9H10N2O2. The minimum Gasteiger partial charge on any atom is -0.489 e. The smallest absolute Gasteiger partial charge is 0.243 e. The van der Waals surface area contributed by atoms with Gasteiger partial charge in [-0.3, -0.25) is 4.79 Å². The summed E-state index contributed by atoms with van der Waals surface area (Å²) in [5.41, 5.74) is 5.96. The highest BCUT2D eigenvalue weighted by molar-refractivity contribution is 5.84. The van der Waals surface area contributed by atoms with E-state index in [0.29, 0.717) is 6.61 Å². The summed E-state index contributed by atoms with van der Waals surface area (Å²) in [6.45, 7) is 0.298. The number of nitrogens with two attached hydrogens (primary N) is 1. The molecule has 0 bridgehead atoms. The lowest BCUT2D eigenvalue weighted by molar-refractivity contribution is -0.119. The van der Waals surface area contributed by atoms with Gasteiger partial charge in [0, 0.05) is 0 Å². The van der Waals surface area contributed by atoms with Crippen molar-refractivity contribution in [3.8, 4) is 5.75 Å². The molecule has 4 heteroatoms. The van der Waals surface area contributed by atoms with E-state index < -0.39 is 11.9 Å². The third-order valence-electron chi connectivity index (χ3n) is 1.97. The Bertz CT molecular complexity index is 338. The predicted octanol–water partition coefficient (Wildman–Crippen LogP) is 0.345. The number of anilines is 1. The average molecular weight is 178 g/mol. The minimum absolute atomic E-state index is 0.298. The van der Waals surface area contributed by atoms with Crippen LogP contribution in [-0.4, -0.2) is 18.6 Å². The number of fused-ring (bicyclic) bond motifs is 1. The molecule has 1 aliphatic rings. The molecule has 0 aromatic heterocycles. The molecule has 4 nitrogen and oxygen atoms in total. The van der Waals surface area contributed by atoms with Crippen molar-refractivity contribution in [1.82, 2.24) is 0 Å². The fraction of sp³-hybridized carbons (Fsp3) is 0.222. The number of hydrogen-bond acceptors (Lipinski definition) is 3. The molecular weight excluding hydrogens is 168 g/mol. The number of hydrogen-bond donors (Lipinski definition) is 2. The second kappa shape index (κ2) is 2.97. The minimum atomic E-state index is -0.421. The van der Waals surface area contributed by atoms with Crippen molar-refractivity contribution in [2.45, 2.75) is 6.04 Å². The molecule has 0 saturated carbocycles. The maximum atomic E-state index is 10.8. The van der Waals surface area contributed by atoms with Gasteiger partial charge in [-0.15, -0.1) is 0 Å². The van der Waals surface area contributed by atoms with E-state index in [-0.39, 0.29) is 0 Å². The summed E-state index contributed by atoms with van der Waals surface area (Å²) in [5.74, 6) is 0.370. The topological polar surface area (TPSA) is 64.4 Å². The summed E-state index contributed by atoms with van der Waals surface area (Å²) in [6, 6.07) is 7.03. The van der Waals surface area contributed by atoms with Gasteiger partial charge < -0.3 is 15.8 Å². The number of para-hydroxylation sites is 2. The van der Waals surface area contributed by atoms with Gasteiger partial charge in [0.2, 0.25) is 5.91 Å². The van der Waals surface area contributed by atoms with Crippen molar-refractivity contribution in [1.29, 1.82) is 0 Å². The fourth-order valence-electron chi connectivity index (χ4n) is 1.27. The molecule has 2 rings (SSSR count). The molecule has 0 saturated heterocycles. The zero-order chi connectivity index (χ0) is 9.26. The van der Waals surface area contributed by atoms with Crippen LogP contribution in [0.2, 0.25) is 0 Å². The number of primary amides is 1. The Labute approximate surface area is 75.7 Å². The van der Waals surface area contributed by atoms with E-state index in [0.717, 1.165) is 11.4 Å². The third-order valence-corrected chi connectivity index (χ3v) is 1.97. The second-order valence-corrected chi connectivity index (χ2v) is 2.91. The lowest BCUT2D eigenvalue weighted by Crippen LogP contribution is -2.42. The van der Waals surface area contributed by atoms with Gasteiger partial charge in [0.25, 0.3) is 0 Å². The Morgan fingerprint density at radius 2 is 2.31 bits per heavy atom. The van der Waals surface area contributed by atoms with E-state index in [1.165, 1.54) is 0 Å². The molecule has 1 heterocycles. The molecule has 1 aromatic carbocycles. The van der Waals surface area contributed by atoms with E-state index >= 15 is 0 Å². The van der Waals surface area contributed by atoms with E-state index in [1.807, 2.05) is 24.3 Å². The monoisotopic (exact) mass is 178 g/mol. The van der Waals surface area contributed by atoms with Crippen molar-refractivity contribution in [3.05, 3.63) is 24.3 Å². The first-order valence-corrected chi connectivity index (χ1v) is 4.05. The van der Waals surface area contributed by atoms with Gasteiger partial charge in [-0.25, -0.2) is 0 Å². The van der Waals surface area contributed by atoms with Crippen molar-refractivity contribution < 1.29 is 9.53 Å². The molecule has 0 unspecified atom stereocenters. The summed E-state index contributed by atoms with van der Waals surface area (Å²) in [7, 11) is 0. The highest BCUT2D eigenvalue weighted by Gasteiger charge is 2.22. The summed E-state index contributed by atoms with van der Waals surface area (Å²) in [6.07, 6.45) is 0. The van der Waals surface area contributed by atoms with Crippen LogP contribution in [0.15, 0.2) is 24.3 Å². The quantitative estimate of drug-likeness (QED) is 0.652. The van der Waals surface area contributed by atoms with Crippen LogP contribution in [0.5, 0.6) is 5.75 Å². The lowest BCUT2D eigenvalue weighted by atomic mass is 10.2. The molecule has 3 N–H and O–H groups in total. The summed E-state index contributed by atoms with van der Waals surface area (Å²) < 4.78 is 5.33. The van der Waals surface area contributed by atoms with Crippen LogP contribution in [0, 0.1) is 0 Å². The van der Waals surface area contributed by atoms with E-state index in [4.69, 9.17) is 10.5 Å². The molecule has 1 aliphatic heterocycles. The normalized spacial score (nSPS) is 19.5. The van der Waals surface area contributed by atoms with Gasteiger partial charge in [0.1, 0.15) is 18.4 Å². The molecule has 0 spiro atoms. The molecule has 13 heavy (non-hydrogen) atoms. The van der Waals surface area contributed by atoms with Crippen molar-refractivity contribution in [2.24, 2.45) is 5.73 Å². The van der Waals surface area contributed by atoms with Crippen LogP contribution >= 0.6 is 0 Å². The van der Waals surface area contributed by atoms with Gasteiger partial charge >= 0.3 is 0 Å². The maximum absolute atomic E-state index is 10.8. The van der Waals surface area contributed by atoms with E-state index in [1.54, 1.807) is 0 Å². The maximum Gasteiger partial charge on any atom is 0.243 e. The van der Waals surface area contributed by atoms with E-state index in [2.05, 4.69) is 5.32 Å². The molecule has 68 valence electrons. The number of rotatable bonds is 1. The molecule has 1 amide bonds. The van der Waals surface area contributed by atoms with E-state index in [9.17, 15) is 4.79 Å². The van der Waals surface area contributed by atoms with Gasteiger partial charge in [-0.05, 0) is 12.1 Å². The molecule has 0 aliphatic carbocycles. The van der Waals surface area contributed by atoms with Gasteiger partial charge in [0.15, 0.2) is 0 Å². The molecule has 0 fully saturated rings. The standard InChI is InChI=1S/C9H10N2O2/c10-9(12)7-5-13-8-4-2-1-3-6(8)11-7/h1-4,7,11H,5H2,(H2,10,12)/t7-/m1/s1. The predicted molar refractivity (Wildman–Crippen MR) is 48.5 cm³/mol. The number of ether oxygens (including phenoxy) is 1. The number of carbonyl (C=O) groups excluding carboxylic acids is 1. The highest BCUT2D eigenvalue weighted by Crippen LogP contribution is 2.27. The fourth-order valence-corrected chi connectivity index (χ4v) is 1.27. The lowest BCUT2D eigenvalue weighted by Gasteiger charge is -2.24. The van der Waals surface area contributed by atoms with Crippen LogP contribution in [0.4, 0.5) is 5.69 Å².